The van der Waals surface area contributed by atoms with Gasteiger partial charge < -0.3 is 9.52 Å². The van der Waals surface area contributed by atoms with Crippen molar-refractivity contribution in [2.45, 2.75) is 34.4 Å². The van der Waals surface area contributed by atoms with Crippen LogP contribution in [0.15, 0.2) is 73.2 Å². The molecule has 0 bridgehead atoms. The summed E-state index contributed by atoms with van der Waals surface area (Å²) >= 11 is 2.34. The van der Waals surface area contributed by atoms with Crippen molar-refractivity contribution < 1.29 is 27.1 Å². The molecule has 0 aliphatic heterocycles. The van der Waals surface area contributed by atoms with E-state index < -0.39 is 30.7 Å². The normalized spacial score (nSPS) is 12.9. The Morgan fingerprint density at radius 2 is 1.88 bits per heavy atom. The van der Waals surface area contributed by atoms with Gasteiger partial charge in [-0.1, -0.05) is 23.9 Å². The molecule has 4 rings (SSSR count). The van der Waals surface area contributed by atoms with E-state index in [1.807, 2.05) is 0 Å². The van der Waals surface area contributed by atoms with E-state index in [0.717, 1.165) is 11.3 Å². The molecule has 166 valence electrons. The molecule has 0 fully saturated rings. The maximum absolute atomic E-state index is 13.2. The molecule has 2 aromatic heterocycles. The van der Waals surface area contributed by atoms with Gasteiger partial charge in [0.25, 0.3) is 0 Å². The van der Waals surface area contributed by atoms with Crippen molar-refractivity contribution >= 4 is 34.1 Å². The Hall–Kier alpha value is -2.69. The molecular formula is C22H15F4NO3S2. The van der Waals surface area contributed by atoms with Gasteiger partial charge in [-0.2, -0.15) is 13.2 Å². The van der Waals surface area contributed by atoms with Crippen molar-refractivity contribution in [2.75, 3.05) is 0 Å². The number of fused-ring (bicyclic) bond motifs is 1. The van der Waals surface area contributed by atoms with Crippen LogP contribution in [0.3, 0.4) is 0 Å². The van der Waals surface area contributed by atoms with E-state index in [1.54, 1.807) is 30.3 Å². The first-order valence-corrected chi connectivity index (χ1v) is 11.0. The minimum Gasteiger partial charge on any atom is -0.423 e. The van der Waals surface area contributed by atoms with Gasteiger partial charge in [-0.15, -0.1) is 11.3 Å². The van der Waals surface area contributed by atoms with Crippen molar-refractivity contribution in [3.63, 3.8) is 0 Å². The lowest BCUT2D eigenvalue weighted by molar-refractivity contribution is -0.140. The van der Waals surface area contributed by atoms with E-state index >= 15 is 0 Å². The van der Waals surface area contributed by atoms with Gasteiger partial charge in [0.1, 0.15) is 11.4 Å². The standard InChI is InChI=1S/C22H15F4NO3S2/c23-13-3-1-12(2-4-13)16-10-20(29)30-18-9-14(5-6-15(16)18)31-21-27-11-19(32-21)17(28)7-8-22(24,25)26/h1-6,9-11,17,28H,7-8H2. The van der Waals surface area contributed by atoms with Crippen LogP contribution >= 0.6 is 23.1 Å². The average Bonchev–Trinajstić information content (AvgIpc) is 3.20. The molecule has 0 saturated carbocycles. The second-order valence-corrected chi connectivity index (χ2v) is 9.33. The first-order valence-electron chi connectivity index (χ1n) is 9.40. The Labute approximate surface area is 187 Å². The van der Waals surface area contributed by atoms with E-state index in [9.17, 15) is 27.5 Å². The molecule has 0 amide bonds. The second kappa shape index (κ2) is 9.05. The highest BCUT2D eigenvalue weighted by Crippen LogP contribution is 2.37. The van der Waals surface area contributed by atoms with Crippen molar-refractivity contribution in [3.05, 3.63) is 75.8 Å². The number of thiazole rings is 1. The van der Waals surface area contributed by atoms with Crippen molar-refractivity contribution in [2.24, 2.45) is 0 Å². The topological polar surface area (TPSA) is 63.3 Å². The summed E-state index contributed by atoms with van der Waals surface area (Å²) in [6, 6.07) is 12.3. The molecule has 1 unspecified atom stereocenters. The number of rotatable bonds is 6. The lowest BCUT2D eigenvalue weighted by Crippen LogP contribution is -2.09. The predicted octanol–water partition coefficient (Wildman–Crippen LogP) is 6.58. The molecule has 0 radical (unpaired) electrons. The zero-order valence-corrected chi connectivity index (χ0v) is 17.9. The number of hydrogen-bond acceptors (Lipinski definition) is 6. The van der Waals surface area contributed by atoms with Gasteiger partial charge in [0, 0.05) is 29.0 Å². The maximum Gasteiger partial charge on any atom is 0.389 e. The fourth-order valence-electron chi connectivity index (χ4n) is 3.09. The van der Waals surface area contributed by atoms with E-state index in [0.29, 0.717) is 36.2 Å². The third-order valence-corrected chi connectivity index (χ3v) is 6.77. The predicted molar refractivity (Wildman–Crippen MR) is 114 cm³/mol. The van der Waals surface area contributed by atoms with Crippen LogP contribution in [0.1, 0.15) is 23.8 Å². The third-order valence-electron chi connectivity index (χ3n) is 4.61. The molecule has 1 atom stereocenters. The molecule has 0 aliphatic rings. The van der Waals surface area contributed by atoms with Crippen molar-refractivity contribution in [1.82, 2.24) is 4.98 Å². The number of aromatic nitrogens is 1. The fourth-order valence-corrected chi connectivity index (χ4v) is 5.11. The molecule has 4 aromatic rings. The molecule has 2 heterocycles. The molecule has 1 N–H and O–H groups in total. The monoisotopic (exact) mass is 481 g/mol. The Bertz CT molecular complexity index is 1300. The highest BCUT2D eigenvalue weighted by molar-refractivity contribution is 8.01. The van der Waals surface area contributed by atoms with Gasteiger partial charge >= 0.3 is 11.8 Å². The smallest absolute Gasteiger partial charge is 0.389 e. The number of aliphatic hydroxyl groups excluding tert-OH is 1. The molecule has 2 aromatic carbocycles. The zero-order valence-electron chi connectivity index (χ0n) is 16.2. The summed E-state index contributed by atoms with van der Waals surface area (Å²) < 4.78 is 56.2. The van der Waals surface area contributed by atoms with E-state index in [4.69, 9.17) is 4.42 Å². The molecule has 0 saturated heterocycles. The Morgan fingerprint density at radius 3 is 2.59 bits per heavy atom. The first kappa shape index (κ1) is 22.5. The molecule has 32 heavy (non-hydrogen) atoms. The Kier molecular flexibility index (Phi) is 6.36. The van der Waals surface area contributed by atoms with Crippen LogP contribution in [-0.2, 0) is 0 Å². The number of aliphatic hydroxyl groups is 1. The van der Waals surface area contributed by atoms with Crippen LogP contribution in [0.4, 0.5) is 17.6 Å². The van der Waals surface area contributed by atoms with E-state index in [-0.39, 0.29) is 5.82 Å². The number of nitrogens with zero attached hydrogens (tertiary/aromatic N) is 1. The van der Waals surface area contributed by atoms with Crippen LogP contribution in [0, 0.1) is 5.82 Å². The summed E-state index contributed by atoms with van der Waals surface area (Å²) in [4.78, 5) is 17.3. The van der Waals surface area contributed by atoms with Gasteiger partial charge in [-0.3, -0.25) is 0 Å². The number of benzene rings is 2. The maximum atomic E-state index is 13.2. The largest absolute Gasteiger partial charge is 0.423 e. The first-order chi connectivity index (χ1) is 15.2. The Morgan fingerprint density at radius 1 is 1.12 bits per heavy atom. The van der Waals surface area contributed by atoms with Gasteiger partial charge in [0.15, 0.2) is 4.34 Å². The van der Waals surface area contributed by atoms with Crippen LogP contribution in [0.2, 0.25) is 0 Å². The minimum atomic E-state index is -4.33. The third kappa shape index (κ3) is 5.37. The van der Waals surface area contributed by atoms with Gasteiger partial charge in [0.2, 0.25) is 0 Å². The molecule has 10 heteroatoms. The molecular weight excluding hydrogens is 466 g/mol. The fraction of sp³-hybridized carbons (Fsp3) is 0.182. The highest BCUT2D eigenvalue weighted by atomic mass is 32.2. The van der Waals surface area contributed by atoms with Gasteiger partial charge in [-0.05, 0) is 47.9 Å². The lowest BCUT2D eigenvalue weighted by Gasteiger charge is -2.09. The number of alkyl halides is 3. The highest BCUT2D eigenvalue weighted by Gasteiger charge is 2.28. The molecule has 0 spiro atoms. The quantitative estimate of drug-likeness (QED) is 0.249. The summed E-state index contributed by atoms with van der Waals surface area (Å²) in [7, 11) is 0. The van der Waals surface area contributed by atoms with Crippen LogP contribution in [0.5, 0.6) is 0 Å². The SMILES string of the molecule is O=c1cc(-c2ccc(F)cc2)c2ccc(Sc3ncc(C(O)CCC(F)(F)F)s3)cc2o1. The van der Waals surface area contributed by atoms with Crippen LogP contribution in [0.25, 0.3) is 22.1 Å². The van der Waals surface area contributed by atoms with Gasteiger partial charge in [-0.25, -0.2) is 14.2 Å². The number of halogens is 4. The summed E-state index contributed by atoms with van der Waals surface area (Å²) in [6.45, 7) is 0. The molecule has 4 nitrogen and oxygen atoms in total. The average molecular weight is 481 g/mol. The molecule has 0 aliphatic carbocycles. The zero-order chi connectivity index (χ0) is 22.9. The summed E-state index contributed by atoms with van der Waals surface area (Å²) in [5, 5.41) is 10.6. The summed E-state index contributed by atoms with van der Waals surface area (Å²) in [6.07, 6.45) is -5.71. The van der Waals surface area contributed by atoms with E-state index in [1.165, 1.54) is 36.2 Å². The van der Waals surface area contributed by atoms with Crippen LogP contribution < -0.4 is 5.63 Å². The minimum absolute atomic E-state index is 0.337. The van der Waals surface area contributed by atoms with Gasteiger partial charge in [0.05, 0.1) is 11.0 Å². The second-order valence-electron chi connectivity index (χ2n) is 6.94. The summed E-state index contributed by atoms with van der Waals surface area (Å²) in [5.41, 5.74) is 1.06. The van der Waals surface area contributed by atoms with Crippen LogP contribution in [-0.4, -0.2) is 16.3 Å². The number of hydrogen-bond donors (Lipinski definition) is 1. The Balaban J connectivity index is 1.57. The lowest BCUT2D eigenvalue weighted by atomic mass is 10.0. The van der Waals surface area contributed by atoms with Crippen molar-refractivity contribution in [3.8, 4) is 11.1 Å². The van der Waals surface area contributed by atoms with Crippen molar-refractivity contribution in [1.29, 1.82) is 0 Å². The van der Waals surface area contributed by atoms with E-state index in [2.05, 4.69) is 4.98 Å². The summed E-state index contributed by atoms with van der Waals surface area (Å²) in [5.74, 6) is -0.383.